The second-order valence-electron chi connectivity index (χ2n) is 29.7. The fourth-order valence-corrected chi connectivity index (χ4v) is 17.1. The number of hydrogen-bond acceptors (Lipinski definition) is 2. The molecule has 20 aromatic carbocycles. The molecular weight excluding hydrogens is 1440 g/mol. The minimum Gasteiger partial charge on any atom is -0.356 e. The Bertz CT molecular complexity index is 7220. The number of rotatable bonds is 13. The predicted octanol–water partition coefficient (Wildman–Crippen LogP) is 31.7. The first kappa shape index (κ1) is 71.0. The molecule has 0 saturated carbocycles. The summed E-state index contributed by atoms with van der Waals surface area (Å²) in [6.07, 6.45) is 0. The van der Waals surface area contributed by atoms with Crippen LogP contribution in [-0.4, -0.2) is 9.13 Å². The first-order valence-corrected chi connectivity index (χ1v) is 40.2. The number of nitrogens with one attached hydrogen (secondary N) is 1. The van der Waals surface area contributed by atoms with Crippen molar-refractivity contribution < 1.29 is 0 Å². The van der Waals surface area contributed by atoms with Crippen LogP contribution in [0, 0.1) is 0 Å². The van der Waals surface area contributed by atoms with Gasteiger partial charge in [-0.2, -0.15) is 0 Å². The molecule has 5 heteroatoms. The highest BCUT2D eigenvalue weighted by molar-refractivity contribution is 6.30. The van der Waals surface area contributed by atoms with Crippen molar-refractivity contribution in [3.63, 3.8) is 0 Å². The van der Waals surface area contributed by atoms with Crippen molar-refractivity contribution in [3.8, 4) is 78.1 Å². The molecule has 0 saturated heterocycles. The lowest BCUT2D eigenvalue weighted by Crippen LogP contribution is -2.10. The van der Waals surface area contributed by atoms with Crippen LogP contribution in [0.2, 0.25) is 5.02 Å². The summed E-state index contributed by atoms with van der Waals surface area (Å²) in [6.45, 7) is 0. The molecule has 0 spiro atoms. The van der Waals surface area contributed by atoms with Crippen molar-refractivity contribution >= 4 is 127 Å². The van der Waals surface area contributed by atoms with Crippen molar-refractivity contribution in [1.29, 1.82) is 0 Å². The van der Waals surface area contributed by atoms with Crippen LogP contribution in [0.5, 0.6) is 0 Å². The maximum atomic E-state index is 6.01. The van der Waals surface area contributed by atoms with Crippen molar-refractivity contribution in [2.24, 2.45) is 0 Å². The molecule has 2 aromatic heterocycles. The third kappa shape index (κ3) is 14.1. The molecule has 0 aliphatic heterocycles. The van der Waals surface area contributed by atoms with Crippen LogP contribution >= 0.6 is 11.6 Å². The van der Waals surface area contributed by atoms with Crippen LogP contribution in [0.1, 0.15) is 0 Å². The molecule has 0 atom stereocenters. The molecule has 117 heavy (non-hydrogen) atoms. The van der Waals surface area contributed by atoms with E-state index in [2.05, 4.69) is 462 Å². The number of fused-ring (bicyclic) bond motifs is 12. The number of benzene rings is 20. The highest BCUT2D eigenvalue weighted by atomic mass is 35.5. The van der Waals surface area contributed by atoms with E-state index in [4.69, 9.17) is 11.6 Å². The quantitative estimate of drug-likeness (QED) is 0.116. The minimum absolute atomic E-state index is 0.762. The number of anilines is 5. The van der Waals surface area contributed by atoms with Crippen LogP contribution < -0.4 is 10.2 Å². The van der Waals surface area contributed by atoms with E-state index in [9.17, 15) is 0 Å². The topological polar surface area (TPSA) is 25.1 Å². The second-order valence-corrected chi connectivity index (χ2v) is 30.1. The van der Waals surface area contributed by atoms with Crippen molar-refractivity contribution in [2.45, 2.75) is 0 Å². The summed E-state index contributed by atoms with van der Waals surface area (Å²) in [5, 5.41) is 19.6. The average molecular weight is 1510 g/mol. The molecule has 4 nitrogen and oxygen atoms in total. The first-order chi connectivity index (χ1) is 57.9. The van der Waals surface area contributed by atoms with Gasteiger partial charge in [0, 0.05) is 66.4 Å². The fourth-order valence-electron chi connectivity index (χ4n) is 17.0. The number of nitrogens with zero attached hydrogens (tertiary/aromatic N) is 3. The highest BCUT2D eigenvalue weighted by Crippen LogP contribution is 2.43. The van der Waals surface area contributed by atoms with Crippen LogP contribution in [0.15, 0.2) is 461 Å². The zero-order valence-corrected chi connectivity index (χ0v) is 64.9. The molecule has 0 aliphatic rings. The summed E-state index contributed by atoms with van der Waals surface area (Å²) < 4.78 is 4.71. The van der Waals surface area contributed by atoms with Gasteiger partial charge in [0.2, 0.25) is 0 Å². The fraction of sp³-hybridized carbons (Fsp3) is 0. The Morgan fingerprint density at radius 1 is 0.188 bits per heavy atom. The number of aromatic nitrogens is 2. The second kappa shape index (κ2) is 31.5. The minimum atomic E-state index is 0.762. The van der Waals surface area contributed by atoms with E-state index >= 15 is 0 Å². The van der Waals surface area contributed by atoms with E-state index in [0.29, 0.717) is 0 Å². The molecular formula is C112H77ClN4. The maximum absolute atomic E-state index is 6.01. The molecule has 0 radical (unpaired) electrons. The summed E-state index contributed by atoms with van der Waals surface area (Å²) >= 11 is 6.01. The predicted molar refractivity (Wildman–Crippen MR) is 500 cm³/mol. The molecule has 552 valence electrons. The lowest BCUT2D eigenvalue weighted by molar-refractivity contribution is 1.17. The molecule has 0 aliphatic carbocycles. The normalized spacial score (nSPS) is 11.3. The van der Waals surface area contributed by atoms with Crippen molar-refractivity contribution in [2.75, 3.05) is 10.2 Å². The summed E-state index contributed by atoms with van der Waals surface area (Å²) in [5.41, 5.74) is 27.2. The van der Waals surface area contributed by atoms with Gasteiger partial charge in [-0.1, -0.05) is 339 Å². The van der Waals surface area contributed by atoms with Gasteiger partial charge in [0.25, 0.3) is 0 Å². The summed E-state index contributed by atoms with van der Waals surface area (Å²) in [6, 6.07) is 165. The molecule has 0 fully saturated rings. The molecule has 0 amide bonds. The highest BCUT2D eigenvalue weighted by Gasteiger charge is 2.19. The smallest absolute Gasteiger partial charge is 0.0541 e. The van der Waals surface area contributed by atoms with Gasteiger partial charge in [-0.05, 0) is 243 Å². The molecule has 22 aromatic rings. The van der Waals surface area contributed by atoms with E-state index in [0.717, 1.165) is 44.8 Å². The van der Waals surface area contributed by atoms with Crippen molar-refractivity contribution in [1.82, 2.24) is 9.13 Å². The zero-order chi connectivity index (χ0) is 78.0. The average Bonchev–Trinajstić information content (AvgIpc) is 1.56. The summed E-state index contributed by atoms with van der Waals surface area (Å²) in [7, 11) is 0. The largest absolute Gasteiger partial charge is 0.356 e. The van der Waals surface area contributed by atoms with E-state index < -0.39 is 0 Å². The first-order valence-electron chi connectivity index (χ1n) is 39.9. The third-order valence-electron chi connectivity index (χ3n) is 22.7. The Kier molecular flexibility index (Phi) is 19.1. The lowest BCUT2D eigenvalue weighted by atomic mass is 9.92. The number of para-hydroxylation sites is 4. The monoisotopic (exact) mass is 1510 g/mol. The van der Waals surface area contributed by atoms with Crippen LogP contribution in [-0.2, 0) is 0 Å². The van der Waals surface area contributed by atoms with Gasteiger partial charge in [-0.15, -0.1) is 0 Å². The van der Waals surface area contributed by atoms with E-state index in [1.165, 1.54) is 153 Å². The van der Waals surface area contributed by atoms with Gasteiger partial charge in [-0.25, -0.2) is 0 Å². The van der Waals surface area contributed by atoms with E-state index in [1.807, 2.05) is 18.2 Å². The van der Waals surface area contributed by atoms with Gasteiger partial charge in [0.1, 0.15) is 0 Å². The standard InChI is InChI=1S/C56H38N2.C30H22N2.C26H17Cl/c1-2-12-39(13-3-1)41-26-30-45(31-27-41)57(47-34-36-48(37-35-47)58-55-20-10-8-18-52(55)53-19-9-11-21-56(53)58)46-32-28-42(29-33-46)40-22-24-43(25-23-40)54-38-44-14-4-5-15-49(44)50-16-6-7-17-51(50)54;1-2-8-22(9-3-1)23-14-16-24(17-15-23)31-25-18-20-26(21-19-25)32-29-12-6-4-10-27(29)28-11-5-7-13-30(28)32;27-22-15-13-19(14-16-22)18-9-11-20(12-10-18)26-17-21-5-1-2-6-23(21)24-7-3-4-8-25(24)26/h1-38H;1-21,31H;1-17H. The van der Waals surface area contributed by atoms with E-state index in [1.54, 1.807) is 0 Å². The van der Waals surface area contributed by atoms with Crippen LogP contribution in [0.25, 0.3) is 165 Å². The zero-order valence-electron chi connectivity index (χ0n) is 64.1. The van der Waals surface area contributed by atoms with E-state index in [-0.39, 0.29) is 0 Å². The Labute approximate surface area is 685 Å². The maximum Gasteiger partial charge on any atom is 0.0541 e. The number of halogens is 1. The summed E-state index contributed by atoms with van der Waals surface area (Å²) in [4.78, 5) is 2.35. The molecule has 0 unspecified atom stereocenters. The third-order valence-corrected chi connectivity index (χ3v) is 23.0. The Morgan fingerprint density at radius 2 is 0.427 bits per heavy atom. The molecule has 2 heterocycles. The van der Waals surface area contributed by atoms with Crippen LogP contribution in [0.4, 0.5) is 28.4 Å². The molecule has 0 bridgehead atoms. The van der Waals surface area contributed by atoms with Gasteiger partial charge >= 0.3 is 0 Å². The Hall–Kier alpha value is -15.1. The lowest BCUT2D eigenvalue weighted by Gasteiger charge is -2.26. The van der Waals surface area contributed by atoms with Gasteiger partial charge in [-0.3, -0.25) is 0 Å². The Morgan fingerprint density at radius 3 is 0.786 bits per heavy atom. The van der Waals surface area contributed by atoms with Gasteiger partial charge < -0.3 is 19.4 Å². The SMILES string of the molecule is Clc1ccc(-c2ccc(-c3cc4ccccc4c4ccccc34)cc2)cc1.c1ccc(-c2ccc(N(c3ccc(-c4ccc(-c5cc6ccccc6c6ccccc56)cc4)cc3)c3ccc(-n4c5ccccc5c5ccccc54)cc3)cc2)cc1.c1ccc(-c2ccc(Nc3ccc(-n4c5ccccc5c5ccccc54)cc3)cc2)cc1. The molecule has 1 N–H and O–H groups in total. The summed E-state index contributed by atoms with van der Waals surface area (Å²) in [5.74, 6) is 0. The molecule has 22 rings (SSSR count). The Balaban J connectivity index is 0.000000125. The number of hydrogen-bond donors (Lipinski definition) is 1. The van der Waals surface area contributed by atoms with Gasteiger partial charge in [0.05, 0.1) is 22.1 Å². The van der Waals surface area contributed by atoms with Crippen molar-refractivity contribution in [3.05, 3.63) is 466 Å². The van der Waals surface area contributed by atoms with Gasteiger partial charge in [0.15, 0.2) is 0 Å². The van der Waals surface area contributed by atoms with Crippen LogP contribution in [0.3, 0.4) is 0 Å².